The largest absolute Gasteiger partial charge is 0.497 e. The number of rotatable bonds is 3. The van der Waals surface area contributed by atoms with Crippen molar-refractivity contribution < 1.29 is 23.9 Å². The maximum atomic E-state index is 13.2. The normalized spacial score (nSPS) is 36.6. The highest BCUT2D eigenvalue weighted by molar-refractivity contribution is 9.10. The Hall–Kier alpha value is -2.09. The zero-order chi connectivity index (χ0) is 19.9. The summed E-state index contributed by atoms with van der Waals surface area (Å²) in [6, 6.07) is 4.77. The van der Waals surface area contributed by atoms with Crippen LogP contribution < -0.4 is 4.74 Å². The molecule has 8 heteroatoms. The molecule has 144 valence electrons. The number of piperazine rings is 1. The van der Waals surface area contributed by atoms with E-state index in [9.17, 15) is 14.4 Å². The van der Waals surface area contributed by atoms with Crippen molar-refractivity contribution >= 4 is 33.7 Å². The van der Waals surface area contributed by atoms with Crippen molar-refractivity contribution in [1.82, 2.24) is 9.80 Å². The number of hydrogen-bond donors (Lipinski definition) is 0. The first-order chi connectivity index (χ1) is 12.6. The van der Waals surface area contributed by atoms with Gasteiger partial charge in [-0.3, -0.25) is 14.4 Å². The first-order valence-electron chi connectivity index (χ1n) is 8.65. The van der Waals surface area contributed by atoms with Gasteiger partial charge in [-0.2, -0.15) is 0 Å². The van der Waals surface area contributed by atoms with E-state index < -0.39 is 28.5 Å². The number of carbonyl (C=O) groups is 3. The molecule has 3 heterocycles. The van der Waals surface area contributed by atoms with Gasteiger partial charge in [-0.15, -0.1) is 0 Å². The Balaban J connectivity index is 1.93. The van der Waals surface area contributed by atoms with Gasteiger partial charge in [0.1, 0.15) is 5.75 Å². The highest BCUT2D eigenvalue weighted by atomic mass is 79.9. The number of amides is 2. The number of β-lactam (4-membered cyclic amide) rings is 2. The highest BCUT2D eigenvalue weighted by Crippen LogP contribution is 2.70. The van der Waals surface area contributed by atoms with Gasteiger partial charge in [0.25, 0.3) is 11.8 Å². The quantitative estimate of drug-likeness (QED) is 0.534. The Kier molecular flexibility index (Phi) is 3.55. The van der Waals surface area contributed by atoms with Gasteiger partial charge < -0.3 is 19.3 Å². The molecule has 1 spiro atoms. The summed E-state index contributed by atoms with van der Waals surface area (Å²) >= 11 is 3.53. The third-order valence-electron chi connectivity index (χ3n) is 6.82. The standard InChI is InChI=1S/C19H21BrN2O5/c1-17(16(25)27-5)9-19-15(24)21(3)18(19,2)14(23)22(19)13(17)11-8-10(26-4)6-7-12(11)20/h6-8,13H,9H2,1-5H3/t13?,17-,18?,19-/m0/s1. The molecule has 0 aliphatic carbocycles. The Morgan fingerprint density at radius 2 is 1.89 bits per heavy atom. The van der Waals surface area contributed by atoms with Crippen LogP contribution in [0.4, 0.5) is 0 Å². The van der Waals surface area contributed by atoms with E-state index in [4.69, 9.17) is 9.47 Å². The van der Waals surface area contributed by atoms with Crippen molar-refractivity contribution in [3.63, 3.8) is 0 Å². The molecule has 4 rings (SSSR count). The van der Waals surface area contributed by atoms with E-state index in [2.05, 4.69) is 15.9 Å². The lowest BCUT2D eigenvalue weighted by Gasteiger charge is -2.71. The number of methoxy groups -OCH3 is 2. The molecule has 0 bridgehead atoms. The van der Waals surface area contributed by atoms with Crippen LogP contribution in [0.15, 0.2) is 22.7 Å². The molecule has 3 fully saturated rings. The van der Waals surface area contributed by atoms with Gasteiger partial charge in [-0.05, 0) is 37.6 Å². The summed E-state index contributed by atoms with van der Waals surface area (Å²) < 4.78 is 11.2. The maximum absolute atomic E-state index is 13.2. The molecular formula is C19H21BrN2O5. The van der Waals surface area contributed by atoms with Crippen molar-refractivity contribution in [2.24, 2.45) is 5.41 Å². The van der Waals surface area contributed by atoms with Gasteiger partial charge in [-0.25, -0.2) is 0 Å². The Labute approximate surface area is 165 Å². The van der Waals surface area contributed by atoms with Crippen LogP contribution in [0.25, 0.3) is 0 Å². The molecule has 2 amide bonds. The van der Waals surface area contributed by atoms with E-state index in [0.717, 1.165) is 10.0 Å². The Morgan fingerprint density at radius 1 is 1.22 bits per heavy atom. The summed E-state index contributed by atoms with van der Waals surface area (Å²) in [4.78, 5) is 42.0. The van der Waals surface area contributed by atoms with Gasteiger partial charge in [0.2, 0.25) is 0 Å². The molecule has 3 saturated heterocycles. The van der Waals surface area contributed by atoms with Crippen molar-refractivity contribution in [3.05, 3.63) is 28.2 Å². The SMILES string of the molecule is COC(=O)[C@@]1(C)C[C@]23C(=O)N(C)C2(C)C(=O)N3C1c1cc(OC)ccc1Br. The summed E-state index contributed by atoms with van der Waals surface area (Å²) in [5.41, 5.74) is -2.26. The van der Waals surface area contributed by atoms with E-state index in [1.165, 1.54) is 12.0 Å². The predicted octanol–water partition coefficient (Wildman–Crippen LogP) is 1.89. The first-order valence-corrected chi connectivity index (χ1v) is 9.44. The topological polar surface area (TPSA) is 76.2 Å². The number of hydrogen-bond acceptors (Lipinski definition) is 5. The fraction of sp³-hybridized carbons (Fsp3) is 0.526. The molecule has 7 nitrogen and oxygen atoms in total. The zero-order valence-corrected chi connectivity index (χ0v) is 17.4. The van der Waals surface area contributed by atoms with Crippen LogP contribution in [-0.4, -0.2) is 59.9 Å². The molecule has 3 aliphatic heterocycles. The van der Waals surface area contributed by atoms with Gasteiger partial charge in [-0.1, -0.05) is 15.9 Å². The second kappa shape index (κ2) is 5.25. The average Bonchev–Trinajstić information content (AvgIpc) is 2.96. The number of carbonyl (C=O) groups excluding carboxylic acids is 3. The van der Waals surface area contributed by atoms with Crippen molar-refractivity contribution in [3.8, 4) is 5.75 Å². The van der Waals surface area contributed by atoms with E-state index in [1.807, 2.05) is 6.07 Å². The lowest BCUT2D eigenvalue weighted by atomic mass is 9.57. The van der Waals surface area contributed by atoms with Gasteiger partial charge in [0.15, 0.2) is 11.1 Å². The maximum Gasteiger partial charge on any atom is 0.314 e. The van der Waals surface area contributed by atoms with Crippen molar-refractivity contribution in [2.45, 2.75) is 37.4 Å². The van der Waals surface area contributed by atoms with Crippen LogP contribution in [0.1, 0.15) is 31.9 Å². The molecule has 2 unspecified atom stereocenters. The molecule has 3 aliphatic rings. The van der Waals surface area contributed by atoms with E-state index in [0.29, 0.717) is 5.75 Å². The number of benzene rings is 1. The molecule has 0 aromatic heterocycles. The highest BCUT2D eigenvalue weighted by Gasteiger charge is 2.89. The zero-order valence-electron chi connectivity index (χ0n) is 15.8. The minimum Gasteiger partial charge on any atom is -0.497 e. The fourth-order valence-electron chi connectivity index (χ4n) is 5.27. The predicted molar refractivity (Wildman–Crippen MR) is 98.9 cm³/mol. The molecule has 0 N–H and O–H groups in total. The van der Waals surface area contributed by atoms with Gasteiger partial charge in [0.05, 0.1) is 25.7 Å². The van der Waals surface area contributed by atoms with Crippen LogP contribution in [0.3, 0.4) is 0 Å². The van der Waals surface area contributed by atoms with Crippen LogP contribution in [0, 0.1) is 5.41 Å². The minimum atomic E-state index is -1.06. The third kappa shape index (κ3) is 1.71. The lowest BCUT2D eigenvalue weighted by molar-refractivity contribution is -0.231. The number of likely N-dealkylation sites (N-methyl/N-ethyl adjacent to an activating group) is 1. The molecule has 0 radical (unpaired) electrons. The van der Waals surface area contributed by atoms with Crippen LogP contribution in [0.2, 0.25) is 0 Å². The van der Waals surface area contributed by atoms with Crippen LogP contribution in [0.5, 0.6) is 5.75 Å². The summed E-state index contributed by atoms with van der Waals surface area (Å²) in [6.07, 6.45) is 0.229. The van der Waals surface area contributed by atoms with Crippen molar-refractivity contribution in [1.29, 1.82) is 0 Å². The Bertz CT molecular complexity index is 904. The summed E-state index contributed by atoms with van der Waals surface area (Å²) in [7, 11) is 4.51. The summed E-state index contributed by atoms with van der Waals surface area (Å²) in [6.45, 7) is 3.54. The molecule has 0 saturated carbocycles. The molecule has 1 aromatic carbocycles. The average molecular weight is 437 g/mol. The van der Waals surface area contributed by atoms with Gasteiger partial charge >= 0.3 is 5.97 Å². The molecule has 1 aromatic rings. The molecular weight excluding hydrogens is 416 g/mol. The number of esters is 1. The van der Waals surface area contributed by atoms with E-state index in [1.54, 1.807) is 45.0 Å². The van der Waals surface area contributed by atoms with E-state index in [-0.39, 0.29) is 18.2 Å². The molecule has 4 atom stereocenters. The number of nitrogens with zero attached hydrogens (tertiary/aromatic N) is 2. The lowest BCUT2D eigenvalue weighted by Crippen LogP contribution is -2.96. The van der Waals surface area contributed by atoms with Crippen molar-refractivity contribution in [2.75, 3.05) is 21.3 Å². The minimum absolute atomic E-state index is 0.138. The van der Waals surface area contributed by atoms with Crippen LogP contribution in [-0.2, 0) is 19.1 Å². The summed E-state index contributed by atoms with van der Waals surface area (Å²) in [5.74, 6) is -0.129. The summed E-state index contributed by atoms with van der Waals surface area (Å²) in [5, 5.41) is 0. The number of likely N-dealkylation sites (tertiary alicyclic amines) is 1. The third-order valence-corrected chi connectivity index (χ3v) is 7.54. The fourth-order valence-corrected chi connectivity index (χ4v) is 5.73. The monoisotopic (exact) mass is 436 g/mol. The van der Waals surface area contributed by atoms with Crippen LogP contribution >= 0.6 is 15.9 Å². The van der Waals surface area contributed by atoms with Gasteiger partial charge in [0, 0.05) is 17.9 Å². The Morgan fingerprint density at radius 3 is 2.48 bits per heavy atom. The molecule has 27 heavy (non-hydrogen) atoms. The second-order valence-electron chi connectivity index (χ2n) is 7.85. The first kappa shape index (κ1) is 18.3. The second-order valence-corrected chi connectivity index (χ2v) is 8.70. The number of ether oxygens (including phenoxy) is 2. The van der Waals surface area contributed by atoms with E-state index >= 15 is 0 Å². The number of halogens is 1. The smallest absolute Gasteiger partial charge is 0.314 e.